The highest BCUT2D eigenvalue weighted by Crippen LogP contribution is 2.56. The zero-order valence-electron chi connectivity index (χ0n) is 8.96. The number of nitrogens with zero attached hydrogens (tertiary/aromatic N) is 1. The van der Waals surface area contributed by atoms with Crippen LogP contribution in [0.5, 0.6) is 0 Å². The Labute approximate surface area is 106 Å². The van der Waals surface area contributed by atoms with Gasteiger partial charge in [-0.2, -0.15) is 0 Å². The highest BCUT2D eigenvalue weighted by Gasteiger charge is 2.57. The number of anilines is 1. The lowest BCUT2D eigenvalue weighted by molar-refractivity contribution is -0.117. The molecule has 1 spiro atoms. The van der Waals surface area contributed by atoms with Crippen molar-refractivity contribution >= 4 is 38.4 Å². The van der Waals surface area contributed by atoms with Gasteiger partial charge in [0.2, 0.25) is 5.91 Å². The van der Waals surface area contributed by atoms with Gasteiger partial charge in [-0.15, -0.1) is 0 Å². The maximum absolute atomic E-state index is 12.0. The third-order valence-corrected chi connectivity index (χ3v) is 4.23. The van der Waals surface area contributed by atoms with Crippen LogP contribution < -0.4 is 5.32 Å². The average Bonchev–Trinajstić information content (AvgIpc) is 3.03. The van der Waals surface area contributed by atoms with Crippen molar-refractivity contribution in [3.8, 4) is 0 Å². The van der Waals surface area contributed by atoms with Crippen molar-refractivity contribution in [2.75, 3.05) is 5.32 Å². The Morgan fingerprint density at radius 2 is 2.18 bits per heavy atom. The lowest BCUT2D eigenvalue weighted by Gasteiger charge is -2.08. The van der Waals surface area contributed by atoms with E-state index in [-0.39, 0.29) is 11.3 Å². The van der Waals surface area contributed by atoms with Crippen molar-refractivity contribution in [1.29, 1.82) is 0 Å². The smallest absolute Gasteiger partial charge is 0.235 e. The Morgan fingerprint density at radius 3 is 2.94 bits per heavy atom. The molecule has 1 aromatic carbocycles. The molecular weight excluding hydrogens is 280 g/mol. The van der Waals surface area contributed by atoms with Crippen LogP contribution in [-0.2, 0) is 10.2 Å². The molecule has 1 aromatic heterocycles. The van der Waals surface area contributed by atoms with Crippen LogP contribution in [0, 0.1) is 0 Å². The average molecular weight is 289 g/mol. The summed E-state index contributed by atoms with van der Waals surface area (Å²) in [4.78, 5) is 16.4. The number of nitrogens with one attached hydrogen (secondary N) is 1. The lowest BCUT2D eigenvalue weighted by atomic mass is 9.94. The van der Waals surface area contributed by atoms with Crippen molar-refractivity contribution < 1.29 is 4.79 Å². The van der Waals surface area contributed by atoms with Gasteiger partial charge in [0.1, 0.15) is 0 Å². The fourth-order valence-corrected chi connectivity index (χ4v) is 3.09. The summed E-state index contributed by atoms with van der Waals surface area (Å²) in [6.07, 6.45) is 3.69. The van der Waals surface area contributed by atoms with Gasteiger partial charge in [-0.05, 0) is 31.0 Å². The van der Waals surface area contributed by atoms with Crippen molar-refractivity contribution in [2.24, 2.45) is 0 Å². The maximum Gasteiger partial charge on any atom is 0.235 e. The van der Waals surface area contributed by atoms with Crippen LogP contribution in [0.2, 0.25) is 0 Å². The summed E-state index contributed by atoms with van der Waals surface area (Å²) < 4.78 is 1.02. The quantitative estimate of drug-likeness (QED) is 0.810. The Bertz CT molecular complexity index is 676. The van der Waals surface area contributed by atoms with Crippen LogP contribution >= 0.6 is 15.9 Å². The lowest BCUT2D eigenvalue weighted by Crippen LogP contribution is -2.18. The van der Waals surface area contributed by atoms with E-state index in [9.17, 15) is 4.79 Å². The second-order valence-electron chi connectivity index (χ2n) is 4.74. The molecule has 0 bridgehead atoms. The van der Waals surface area contributed by atoms with Gasteiger partial charge in [-0.1, -0.05) is 15.9 Å². The minimum absolute atomic E-state index is 0.141. The normalized spacial score (nSPS) is 19.5. The third kappa shape index (κ3) is 1.11. The van der Waals surface area contributed by atoms with Crippen molar-refractivity contribution in [3.63, 3.8) is 0 Å². The van der Waals surface area contributed by atoms with Gasteiger partial charge in [0.05, 0.1) is 22.8 Å². The number of carbonyl (C=O) groups excluding carboxylic acids is 1. The van der Waals surface area contributed by atoms with Crippen molar-refractivity contribution in [1.82, 2.24) is 4.98 Å². The number of hydrogen-bond acceptors (Lipinski definition) is 2. The van der Waals surface area contributed by atoms with Crippen LogP contribution in [0.15, 0.2) is 28.9 Å². The zero-order chi connectivity index (χ0) is 11.6. The molecule has 2 heterocycles. The number of rotatable bonds is 0. The predicted octanol–water partition coefficient (Wildman–Crippen LogP) is 2.98. The largest absolute Gasteiger partial charge is 0.324 e. The third-order valence-electron chi connectivity index (χ3n) is 3.74. The number of halogens is 1. The van der Waals surface area contributed by atoms with Crippen LogP contribution in [0.4, 0.5) is 5.69 Å². The molecule has 0 saturated heterocycles. The monoisotopic (exact) mass is 288 g/mol. The Hall–Kier alpha value is -1.42. The molecule has 1 saturated carbocycles. The van der Waals surface area contributed by atoms with Crippen LogP contribution in [-0.4, -0.2) is 10.9 Å². The van der Waals surface area contributed by atoms with E-state index in [1.54, 1.807) is 6.20 Å². The number of pyridine rings is 1. The van der Waals surface area contributed by atoms with Crippen molar-refractivity contribution in [2.45, 2.75) is 18.3 Å². The molecule has 17 heavy (non-hydrogen) atoms. The summed E-state index contributed by atoms with van der Waals surface area (Å²) in [7, 11) is 0. The Kier molecular flexibility index (Phi) is 1.62. The van der Waals surface area contributed by atoms with E-state index in [1.807, 2.05) is 12.1 Å². The summed E-state index contributed by atoms with van der Waals surface area (Å²) >= 11 is 3.48. The van der Waals surface area contributed by atoms with E-state index in [2.05, 4.69) is 32.3 Å². The maximum atomic E-state index is 12.0. The predicted molar refractivity (Wildman–Crippen MR) is 69.0 cm³/mol. The molecule has 2 aromatic rings. The molecular formula is C13H9BrN2O. The number of amides is 1. The van der Waals surface area contributed by atoms with E-state index in [1.165, 1.54) is 0 Å². The standard InChI is InChI=1S/C13H9BrN2O/c14-7-1-2-9-8(5-7)11-10(6-15-9)16-12(17)13(11)3-4-13/h1-2,5-6H,3-4H2,(H,16,17). The molecule has 4 heteroatoms. The second-order valence-corrected chi connectivity index (χ2v) is 5.66. The molecule has 0 radical (unpaired) electrons. The highest BCUT2D eigenvalue weighted by atomic mass is 79.9. The molecule has 1 aliphatic heterocycles. The first kappa shape index (κ1) is 9.59. The first-order chi connectivity index (χ1) is 8.21. The van der Waals surface area contributed by atoms with Gasteiger partial charge in [0, 0.05) is 15.4 Å². The van der Waals surface area contributed by atoms with E-state index in [0.29, 0.717) is 0 Å². The molecule has 4 rings (SSSR count). The van der Waals surface area contributed by atoms with Gasteiger partial charge in [-0.3, -0.25) is 9.78 Å². The SMILES string of the molecule is O=C1Nc2cnc3ccc(Br)cc3c2C12CC2. The Morgan fingerprint density at radius 1 is 1.35 bits per heavy atom. The first-order valence-corrected chi connectivity index (χ1v) is 6.40. The number of carbonyl (C=O) groups is 1. The summed E-state index contributed by atoms with van der Waals surface area (Å²) in [6.45, 7) is 0. The molecule has 0 unspecified atom stereocenters. The summed E-state index contributed by atoms with van der Waals surface area (Å²) in [5, 5.41) is 4.04. The zero-order valence-corrected chi connectivity index (χ0v) is 10.5. The van der Waals surface area contributed by atoms with Gasteiger partial charge >= 0.3 is 0 Å². The molecule has 1 amide bonds. The minimum Gasteiger partial charge on any atom is -0.324 e. The summed E-state index contributed by atoms with van der Waals surface area (Å²) in [5.74, 6) is 0.141. The molecule has 3 nitrogen and oxygen atoms in total. The van der Waals surface area contributed by atoms with Gasteiger partial charge < -0.3 is 5.32 Å². The van der Waals surface area contributed by atoms with E-state index < -0.39 is 0 Å². The molecule has 1 N–H and O–H groups in total. The molecule has 2 aliphatic rings. The van der Waals surface area contributed by atoms with Crippen LogP contribution in [0.3, 0.4) is 0 Å². The second kappa shape index (κ2) is 2.88. The van der Waals surface area contributed by atoms with Gasteiger partial charge in [0.15, 0.2) is 0 Å². The van der Waals surface area contributed by atoms with E-state index in [0.717, 1.165) is 39.5 Å². The Balaban J connectivity index is 2.14. The number of hydrogen-bond donors (Lipinski definition) is 1. The molecule has 84 valence electrons. The number of benzene rings is 1. The summed E-state index contributed by atoms with van der Waals surface area (Å²) in [6, 6.07) is 6.02. The molecule has 0 atom stereocenters. The van der Waals surface area contributed by atoms with Crippen LogP contribution in [0.1, 0.15) is 18.4 Å². The fraction of sp³-hybridized carbons (Fsp3) is 0.231. The van der Waals surface area contributed by atoms with E-state index in [4.69, 9.17) is 0 Å². The van der Waals surface area contributed by atoms with Gasteiger partial charge in [0.25, 0.3) is 0 Å². The van der Waals surface area contributed by atoms with Crippen LogP contribution in [0.25, 0.3) is 10.9 Å². The van der Waals surface area contributed by atoms with Gasteiger partial charge in [-0.25, -0.2) is 0 Å². The molecule has 1 fully saturated rings. The fourth-order valence-electron chi connectivity index (χ4n) is 2.73. The number of fused-ring (bicyclic) bond motifs is 4. The molecule has 1 aliphatic carbocycles. The number of aromatic nitrogens is 1. The minimum atomic E-state index is -0.253. The first-order valence-electron chi connectivity index (χ1n) is 5.61. The summed E-state index contributed by atoms with van der Waals surface area (Å²) in [5.41, 5.74) is 2.73. The topological polar surface area (TPSA) is 42.0 Å². The van der Waals surface area contributed by atoms with Crippen molar-refractivity contribution in [3.05, 3.63) is 34.4 Å². The highest BCUT2D eigenvalue weighted by molar-refractivity contribution is 9.10. The van der Waals surface area contributed by atoms with E-state index >= 15 is 0 Å².